The number of hydrogen-bond acceptors (Lipinski definition) is 3. The van der Waals surface area contributed by atoms with Crippen LogP contribution in [0.2, 0.25) is 0 Å². The summed E-state index contributed by atoms with van der Waals surface area (Å²) in [5.41, 5.74) is 2.11. The molecule has 0 bridgehead atoms. The van der Waals surface area contributed by atoms with Gasteiger partial charge in [0, 0.05) is 6.92 Å². The van der Waals surface area contributed by atoms with Crippen LogP contribution in [0.25, 0.3) is 0 Å². The Labute approximate surface area is 96.1 Å². The second-order valence-corrected chi connectivity index (χ2v) is 3.86. The first kappa shape index (κ1) is 12.7. The van der Waals surface area contributed by atoms with Gasteiger partial charge in [0.25, 0.3) is 0 Å². The van der Waals surface area contributed by atoms with Crippen LogP contribution in [0.5, 0.6) is 0 Å². The Morgan fingerprint density at radius 1 is 1.38 bits per heavy atom. The fourth-order valence-electron chi connectivity index (χ4n) is 1.46. The Morgan fingerprint density at radius 2 is 2.00 bits per heavy atom. The van der Waals surface area contributed by atoms with Crippen molar-refractivity contribution in [1.29, 1.82) is 0 Å². The lowest BCUT2D eigenvalue weighted by atomic mass is 10.1. The number of carbonyl (C=O) groups is 1. The van der Waals surface area contributed by atoms with Crippen molar-refractivity contribution in [3.63, 3.8) is 0 Å². The smallest absolute Gasteiger partial charge is 0.302 e. The van der Waals surface area contributed by atoms with Gasteiger partial charge in [-0.1, -0.05) is 24.3 Å². The quantitative estimate of drug-likeness (QED) is 0.614. The first-order chi connectivity index (χ1) is 7.59. The van der Waals surface area contributed by atoms with Crippen molar-refractivity contribution in [3.8, 4) is 0 Å². The van der Waals surface area contributed by atoms with Gasteiger partial charge in [0.2, 0.25) is 0 Å². The maximum atomic E-state index is 10.5. The molecule has 88 valence electrons. The molecule has 1 aromatic carbocycles. The van der Waals surface area contributed by atoms with Gasteiger partial charge in [-0.3, -0.25) is 4.79 Å². The molecule has 3 heteroatoms. The molecule has 0 saturated carbocycles. The van der Waals surface area contributed by atoms with Crippen LogP contribution in [0.1, 0.15) is 37.5 Å². The number of aliphatic hydroxyl groups is 1. The lowest BCUT2D eigenvalue weighted by Crippen LogP contribution is -2.01. The number of esters is 1. The van der Waals surface area contributed by atoms with Gasteiger partial charge in [0.1, 0.15) is 0 Å². The summed E-state index contributed by atoms with van der Waals surface area (Å²) in [5.74, 6) is -0.232. The second-order valence-electron chi connectivity index (χ2n) is 3.86. The highest BCUT2D eigenvalue weighted by molar-refractivity contribution is 5.65. The summed E-state index contributed by atoms with van der Waals surface area (Å²) in [5, 5.41) is 9.33. The third kappa shape index (κ3) is 4.45. The van der Waals surface area contributed by atoms with Crippen molar-refractivity contribution in [2.75, 3.05) is 6.61 Å². The van der Waals surface area contributed by atoms with Gasteiger partial charge in [-0.15, -0.1) is 0 Å². The molecular weight excluding hydrogens is 204 g/mol. The normalized spacial score (nSPS) is 12.2. The molecule has 0 radical (unpaired) electrons. The van der Waals surface area contributed by atoms with E-state index in [1.807, 2.05) is 24.3 Å². The second kappa shape index (κ2) is 6.28. The van der Waals surface area contributed by atoms with E-state index < -0.39 is 6.10 Å². The molecule has 0 fully saturated rings. The summed E-state index contributed by atoms with van der Waals surface area (Å²) in [6.45, 7) is 3.63. The van der Waals surface area contributed by atoms with Gasteiger partial charge in [0.15, 0.2) is 0 Å². The lowest BCUT2D eigenvalue weighted by Gasteiger charge is -2.06. The van der Waals surface area contributed by atoms with E-state index in [-0.39, 0.29) is 5.97 Å². The summed E-state index contributed by atoms with van der Waals surface area (Å²) in [7, 11) is 0. The predicted molar refractivity (Wildman–Crippen MR) is 62.0 cm³/mol. The van der Waals surface area contributed by atoms with Crippen LogP contribution in [0.4, 0.5) is 0 Å². The van der Waals surface area contributed by atoms with E-state index in [4.69, 9.17) is 4.74 Å². The Kier molecular flexibility index (Phi) is 4.99. The fraction of sp³-hybridized carbons (Fsp3) is 0.462. The van der Waals surface area contributed by atoms with Crippen molar-refractivity contribution >= 4 is 5.97 Å². The molecule has 0 aliphatic carbocycles. The topological polar surface area (TPSA) is 46.5 Å². The summed E-state index contributed by atoms with van der Waals surface area (Å²) >= 11 is 0. The molecule has 0 aliphatic rings. The highest BCUT2D eigenvalue weighted by Crippen LogP contribution is 2.13. The maximum absolute atomic E-state index is 10.5. The minimum atomic E-state index is -0.421. The van der Waals surface area contributed by atoms with Gasteiger partial charge in [-0.25, -0.2) is 0 Å². The molecule has 1 atom stereocenters. The summed E-state index contributed by atoms with van der Waals surface area (Å²) in [6, 6.07) is 7.84. The standard InChI is InChI=1S/C13H18O3/c1-10(14)13-7-5-12(6-8-13)4-3-9-16-11(2)15/h5-8,10,14H,3-4,9H2,1-2H3. The van der Waals surface area contributed by atoms with Crippen LogP contribution >= 0.6 is 0 Å². The number of ether oxygens (including phenoxy) is 1. The van der Waals surface area contributed by atoms with Crippen LogP contribution in [-0.4, -0.2) is 17.7 Å². The lowest BCUT2D eigenvalue weighted by molar-refractivity contribution is -0.141. The fourth-order valence-corrected chi connectivity index (χ4v) is 1.46. The van der Waals surface area contributed by atoms with Crippen molar-refractivity contribution in [3.05, 3.63) is 35.4 Å². The van der Waals surface area contributed by atoms with Crippen molar-refractivity contribution in [1.82, 2.24) is 0 Å². The minimum absolute atomic E-state index is 0.232. The Bertz CT molecular complexity index is 328. The van der Waals surface area contributed by atoms with E-state index in [0.29, 0.717) is 6.61 Å². The van der Waals surface area contributed by atoms with E-state index in [0.717, 1.165) is 18.4 Å². The van der Waals surface area contributed by atoms with E-state index in [1.54, 1.807) is 6.92 Å². The minimum Gasteiger partial charge on any atom is -0.466 e. The average Bonchev–Trinajstić information content (AvgIpc) is 2.25. The van der Waals surface area contributed by atoms with Gasteiger partial charge < -0.3 is 9.84 Å². The van der Waals surface area contributed by atoms with Gasteiger partial charge in [-0.2, -0.15) is 0 Å². The molecule has 3 nitrogen and oxygen atoms in total. The monoisotopic (exact) mass is 222 g/mol. The maximum Gasteiger partial charge on any atom is 0.302 e. The Balaban J connectivity index is 2.35. The molecule has 0 heterocycles. The number of aliphatic hydroxyl groups excluding tert-OH is 1. The molecule has 1 aromatic rings. The van der Waals surface area contributed by atoms with E-state index in [1.165, 1.54) is 12.5 Å². The first-order valence-corrected chi connectivity index (χ1v) is 5.50. The molecule has 1 N–H and O–H groups in total. The van der Waals surface area contributed by atoms with Crippen LogP contribution < -0.4 is 0 Å². The molecule has 0 spiro atoms. The van der Waals surface area contributed by atoms with E-state index >= 15 is 0 Å². The highest BCUT2D eigenvalue weighted by Gasteiger charge is 2.00. The van der Waals surface area contributed by atoms with Crippen LogP contribution in [0.15, 0.2) is 24.3 Å². The SMILES string of the molecule is CC(=O)OCCCc1ccc(C(C)O)cc1. The third-order valence-corrected chi connectivity index (χ3v) is 2.38. The average molecular weight is 222 g/mol. The zero-order valence-electron chi connectivity index (χ0n) is 9.77. The number of hydrogen-bond donors (Lipinski definition) is 1. The van der Waals surface area contributed by atoms with E-state index in [9.17, 15) is 9.90 Å². The summed E-state index contributed by atoms with van der Waals surface area (Å²) in [6.07, 6.45) is 1.29. The van der Waals surface area contributed by atoms with Crippen molar-refractivity contribution < 1.29 is 14.6 Å². The van der Waals surface area contributed by atoms with Crippen LogP contribution in [-0.2, 0) is 16.0 Å². The van der Waals surface area contributed by atoms with Crippen molar-refractivity contribution in [2.45, 2.75) is 32.8 Å². The summed E-state index contributed by atoms with van der Waals surface area (Å²) in [4.78, 5) is 10.5. The molecule has 0 saturated heterocycles. The van der Waals surface area contributed by atoms with Gasteiger partial charge in [0.05, 0.1) is 12.7 Å². The van der Waals surface area contributed by atoms with Crippen LogP contribution in [0.3, 0.4) is 0 Å². The Hall–Kier alpha value is -1.35. The molecule has 0 aromatic heterocycles. The van der Waals surface area contributed by atoms with Gasteiger partial charge in [-0.05, 0) is 30.9 Å². The zero-order valence-corrected chi connectivity index (χ0v) is 9.77. The first-order valence-electron chi connectivity index (χ1n) is 5.50. The molecule has 1 unspecified atom stereocenters. The largest absolute Gasteiger partial charge is 0.466 e. The van der Waals surface area contributed by atoms with E-state index in [2.05, 4.69) is 0 Å². The molecule has 1 rings (SSSR count). The highest BCUT2D eigenvalue weighted by atomic mass is 16.5. The number of benzene rings is 1. The Morgan fingerprint density at radius 3 is 2.50 bits per heavy atom. The molecule has 16 heavy (non-hydrogen) atoms. The predicted octanol–water partition coefficient (Wildman–Crippen LogP) is 2.24. The number of rotatable bonds is 5. The van der Waals surface area contributed by atoms with Gasteiger partial charge >= 0.3 is 5.97 Å². The molecule has 0 aliphatic heterocycles. The molecule has 0 amide bonds. The number of carbonyl (C=O) groups excluding carboxylic acids is 1. The van der Waals surface area contributed by atoms with Crippen molar-refractivity contribution in [2.24, 2.45) is 0 Å². The molecular formula is C13H18O3. The zero-order chi connectivity index (χ0) is 12.0. The summed E-state index contributed by atoms with van der Waals surface area (Å²) < 4.78 is 4.85. The number of aryl methyl sites for hydroxylation is 1. The third-order valence-electron chi connectivity index (χ3n) is 2.38. The van der Waals surface area contributed by atoms with Crippen LogP contribution in [0, 0.1) is 0 Å².